The first kappa shape index (κ1) is 13.1. The summed E-state index contributed by atoms with van der Waals surface area (Å²) >= 11 is 1.49. The average Bonchev–Trinajstić information content (AvgIpc) is 2.85. The van der Waals surface area contributed by atoms with Crippen LogP contribution in [0.3, 0.4) is 0 Å². The Morgan fingerprint density at radius 1 is 1.50 bits per heavy atom. The molecule has 1 atom stereocenters. The van der Waals surface area contributed by atoms with E-state index >= 15 is 0 Å². The lowest BCUT2D eigenvalue weighted by atomic mass is 9.93. The summed E-state index contributed by atoms with van der Waals surface area (Å²) in [4.78, 5) is 17.0. The first-order valence-electron chi connectivity index (χ1n) is 6.55. The maximum atomic E-state index is 12.6. The van der Waals surface area contributed by atoms with Gasteiger partial charge in [-0.05, 0) is 25.0 Å². The van der Waals surface area contributed by atoms with Gasteiger partial charge in [0.05, 0.1) is 5.56 Å². The standard InChI is InChI=1S/C15H15NO3S/c1-3-9-4-10-13(5-12(9)17)19-6-11(14(10)18)15-16-8(2)7-20-15/h4-5,7,11,17H,3,6H2,1-2H3. The summed E-state index contributed by atoms with van der Waals surface area (Å²) in [5.41, 5.74) is 2.23. The zero-order chi connectivity index (χ0) is 14.3. The molecular weight excluding hydrogens is 274 g/mol. The molecule has 4 nitrogen and oxygen atoms in total. The van der Waals surface area contributed by atoms with Crippen LogP contribution in [0.2, 0.25) is 0 Å². The molecule has 0 spiro atoms. The Bertz CT molecular complexity index is 678. The molecule has 104 valence electrons. The summed E-state index contributed by atoms with van der Waals surface area (Å²) in [5.74, 6) is 0.336. The number of aryl methyl sites for hydroxylation is 2. The van der Waals surface area contributed by atoms with Crippen LogP contribution in [0.15, 0.2) is 17.5 Å². The van der Waals surface area contributed by atoms with Gasteiger partial charge in [-0.2, -0.15) is 0 Å². The van der Waals surface area contributed by atoms with Crippen LogP contribution in [0.4, 0.5) is 0 Å². The molecule has 0 saturated carbocycles. The number of phenols is 1. The fourth-order valence-electron chi connectivity index (χ4n) is 2.36. The lowest BCUT2D eigenvalue weighted by Gasteiger charge is -2.23. The Kier molecular flexibility index (Phi) is 3.22. The zero-order valence-corrected chi connectivity index (χ0v) is 12.2. The minimum absolute atomic E-state index is 0.0234. The number of aromatic nitrogens is 1. The van der Waals surface area contributed by atoms with Gasteiger partial charge in [-0.3, -0.25) is 4.79 Å². The summed E-state index contributed by atoms with van der Waals surface area (Å²) in [6, 6.07) is 3.27. The van der Waals surface area contributed by atoms with Crippen molar-refractivity contribution in [3.63, 3.8) is 0 Å². The molecule has 0 bridgehead atoms. The normalized spacial score (nSPS) is 17.7. The first-order chi connectivity index (χ1) is 9.60. The zero-order valence-electron chi connectivity index (χ0n) is 11.3. The molecule has 1 aliphatic heterocycles. The number of ether oxygens (including phenoxy) is 1. The van der Waals surface area contributed by atoms with E-state index in [2.05, 4.69) is 4.98 Å². The van der Waals surface area contributed by atoms with Crippen molar-refractivity contribution in [2.75, 3.05) is 6.61 Å². The second-order valence-electron chi connectivity index (χ2n) is 4.89. The van der Waals surface area contributed by atoms with Gasteiger partial charge < -0.3 is 9.84 Å². The van der Waals surface area contributed by atoms with Crippen molar-refractivity contribution in [2.45, 2.75) is 26.2 Å². The quantitative estimate of drug-likeness (QED) is 0.923. The maximum absolute atomic E-state index is 12.6. The molecule has 5 heteroatoms. The highest BCUT2D eigenvalue weighted by Gasteiger charge is 2.32. The summed E-state index contributed by atoms with van der Waals surface area (Å²) < 4.78 is 5.64. The lowest BCUT2D eigenvalue weighted by molar-refractivity contribution is 0.0895. The van der Waals surface area contributed by atoms with Crippen molar-refractivity contribution >= 4 is 17.1 Å². The van der Waals surface area contributed by atoms with Crippen LogP contribution in [0.1, 0.15) is 39.5 Å². The summed E-state index contributed by atoms with van der Waals surface area (Å²) in [5, 5.41) is 12.6. The van der Waals surface area contributed by atoms with Gasteiger partial charge >= 0.3 is 0 Å². The number of ketones is 1. The summed E-state index contributed by atoms with van der Waals surface area (Å²) in [6.45, 7) is 4.14. The smallest absolute Gasteiger partial charge is 0.179 e. The Labute approximate surface area is 121 Å². The molecule has 0 radical (unpaired) electrons. The molecule has 0 aliphatic carbocycles. The van der Waals surface area contributed by atoms with Crippen molar-refractivity contribution in [1.29, 1.82) is 0 Å². The Morgan fingerprint density at radius 3 is 2.95 bits per heavy atom. The van der Waals surface area contributed by atoms with Crippen molar-refractivity contribution in [3.8, 4) is 11.5 Å². The van der Waals surface area contributed by atoms with Gasteiger partial charge in [-0.15, -0.1) is 11.3 Å². The molecule has 1 N–H and O–H groups in total. The molecule has 1 aliphatic rings. The van der Waals surface area contributed by atoms with Gasteiger partial charge in [0.1, 0.15) is 29.0 Å². The number of nitrogens with zero attached hydrogens (tertiary/aromatic N) is 1. The molecule has 0 saturated heterocycles. The molecule has 0 fully saturated rings. The highest BCUT2D eigenvalue weighted by Crippen LogP contribution is 2.37. The molecule has 1 aromatic heterocycles. The Morgan fingerprint density at radius 2 is 2.30 bits per heavy atom. The van der Waals surface area contributed by atoms with E-state index in [0.29, 0.717) is 17.7 Å². The Balaban J connectivity index is 2.02. The number of thiazole rings is 1. The van der Waals surface area contributed by atoms with E-state index in [1.807, 2.05) is 19.2 Å². The average molecular weight is 289 g/mol. The predicted octanol–water partition coefficient (Wildman–Crippen LogP) is 3.08. The topological polar surface area (TPSA) is 59.4 Å². The molecule has 1 unspecified atom stereocenters. The highest BCUT2D eigenvalue weighted by atomic mass is 32.1. The van der Waals surface area contributed by atoms with Crippen LogP contribution in [-0.4, -0.2) is 22.5 Å². The van der Waals surface area contributed by atoms with E-state index in [0.717, 1.165) is 16.3 Å². The monoisotopic (exact) mass is 289 g/mol. The van der Waals surface area contributed by atoms with Crippen molar-refractivity contribution < 1.29 is 14.6 Å². The van der Waals surface area contributed by atoms with E-state index in [4.69, 9.17) is 4.74 Å². The van der Waals surface area contributed by atoms with Crippen LogP contribution in [-0.2, 0) is 6.42 Å². The van der Waals surface area contributed by atoms with Crippen LogP contribution in [0.5, 0.6) is 11.5 Å². The van der Waals surface area contributed by atoms with E-state index in [1.54, 1.807) is 6.07 Å². The number of phenolic OH excluding ortho intramolecular Hbond substituents is 1. The SMILES string of the molecule is CCc1cc2c(cc1O)OCC(c1nc(C)cs1)C2=O. The third kappa shape index (κ3) is 2.08. The number of hydrogen-bond acceptors (Lipinski definition) is 5. The highest BCUT2D eigenvalue weighted by molar-refractivity contribution is 7.09. The summed E-state index contributed by atoms with van der Waals surface area (Å²) in [6.07, 6.45) is 0.674. The number of carbonyl (C=O) groups excluding carboxylic acids is 1. The summed E-state index contributed by atoms with van der Waals surface area (Å²) in [7, 11) is 0. The largest absolute Gasteiger partial charge is 0.508 e. The number of Topliss-reactive ketones (excluding diaryl/α,β-unsaturated/α-hetero) is 1. The van der Waals surface area contributed by atoms with Crippen LogP contribution in [0.25, 0.3) is 0 Å². The fraction of sp³-hybridized carbons (Fsp3) is 0.333. The van der Waals surface area contributed by atoms with Gasteiger partial charge in [0.25, 0.3) is 0 Å². The molecule has 20 heavy (non-hydrogen) atoms. The minimum atomic E-state index is -0.338. The predicted molar refractivity (Wildman–Crippen MR) is 76.9 cm³/mol. The third-order valence-electron chi connectivity index (χ3n) is 3.48. The van der Waals surface area contributed by atoms with E-state index in [9.17, 15) is 9.90 Å². The molecule has 2 aromatic rings. The van der Waals surface area contributed by atoms with Gasteiger partial charge in [0.2, 0.25) is 0 Å². The van der Waals surface area contributed by atoms with Gasteiger partial charge in [0, 0.05) is 17.1 Å². The number of fused-ring (bicyclic) bond motifs is 1. The second-order valence-corrected chi connectivity index (χ2v) is 5.78. The molecular formula is C15H15NO3S. The second kappa shape index (κ2) is 4.90. The van der Waals surface area contributed by atoms with E-state index in [1.165, 1.54) is 17.4 Å². The van der Waals surface area contributed by atoms with Crippen LogP contribution in [0, 0.1) is 6.92 Å². The van der Waals surface area contributed by atoms with Crippen LogP contribution < -0.4 is 4.74 Å². The Hall–Kier alpha value is -1.88. The van der Waals surface area contributed by atoms with Crippen LogP contribution >= 0.6 is 11.3 Å². The minimum Gasteiger partial charge on any atom is -0.508 e. The molecule has 2 heterocycles. The van der Waals surface area contributed by atoms with Crippen molar-refractivity contribution in [3.05, 3.63) is 39.3 Å². The number of benzene rings is 1. The lowest BCUT2D eigenvalue weighted by Crippen LogP contribution is -2.26. The third-order valence-corrected chi connectivity index (χ3v) is 4.56. The van der Waals surface area contributed by atoms with Gasteiger partial charge in [0.15, 0.2) is 5.78 Å². The number of carbonyl (C=O) groups is 1. The van der Waals surface area contributed by atoms with Gasteiger partial charge in [-0.25, -0.2) is 4.98 Å². The number of aromatic hydroxyl groups is 1. The van der Waals surface area contributed by atoms with Gasteiger partial charge in [-0.1, -0.05) is 6.92 Å². The first-order valence-corrected chi connectivity index (χ1v) is 7.43. The molecule has 1 aromatic carbocycles. The van der Waals surface area contributed by atoms with Crippen molar-refractivity contribution in [2.24, 2.45) is 0 Å². The van der Waals surface area contributed by atoms with E-state index < -0.39 is 0 Å². The number of hydrogen-bond donors (Lipinski definition) is 1. The maximum Gasteiger partial charge on any atom is 0.179 e. The fourth-order valence-corrected chi connectivity index (χ4v) is 3.24. The molecule has 3 rings (SSSR count). The van der Waals surface area contributed by atoms with Crippen molar-refractivity contribution in [1.82, 2.24) is 4.98 Å². The molecule has 0 amide bonds. The van der Waals surface area contributed by atoms with E-state index in [-0.39, 0.29) is 24.1 Å². The number of rotatable bonds is 2.